The van der Waals surface area contributed by atoms with Crippen LogP contribution >= 0.6 is 0 Å². The van der Waals surface area contributed by atoms with Crippen molar-refractivity contribution in [3.63, 3.8) is 0 Å². The van der Waals surface area contributed by atoms with Crippen LogP contribution in [0.2, 0.25) is 0 Å². The monoisotopic (exact) mass is 190 g/mol. The minimum Gasteiger partial charge on any atom is -0.490 e. The fraction of sp³-hybridized carbons (Fsp3) is 0.538. The minimum atomic E-state index is 0.424. The summed E-state index contributed by atoms with van der Waals surface area (Å²) in [4.78, 5) is 0. The van der Waals surface area contributed by atoms with Crippen molar-refractivity contribution in [3.8, 4) is 5.75 Å². The normalized spacial score (nSPS) is 24.9. The van der Waals surface area contributed by atoms with Crippen molar-refractivity contribution in [1.29, 1.82) is 0 Å². The lowest BCUT2D eigenvalue weighted by atomic mass is 9.92. The van der Waals surface area contributed by atoms with Gasteiger partial charge in [0.2, 0.25) is 0 Å². The van der Waals surface area contributed by atoms with Crippen molar-refractivity contribution in [2.45, 2.75) is 39.2 Å². The summed E-state index contributed by atoms with van der Waals surface area (Å²) < 4.78 is 5.91. The van der Waals surface area contributed by atoms with E-state index in [1.807, 2.05) is 30.3 Å². The summed E-state index contributed by atoms with van der Waals surface area (Å²) in [7, 11) is 0. The van der Waals surface area contributed by atoms with E-state index in [1.54, 1.807) is 0 Å². The van der Waals surface area contributed by atoms with Crippen molar-refractivity contribution in [3.05, 3.63) is 30.3 Å². The zero-order valence-corrected chi connectivity index (χ0v) is 8.99. The average Bonchev–Trinajstić information content (AvgIpc) is 2.47. The summed E-state index contributed by atoms with van der Waals surface area (Å²) in [6.45, 7) is 4.64. The van der Waals surface area contributed by atoms with Crippen LogP contribution in [-0.4, -0.2) is 6.10 Å². The van der Waals surface area contributed by atoms with E-state index in [4.69, 9.17) is 4.74 Å². The summed E-state index contributed by atoms with van der Waals surface area (Å²) in [6, 6.07) is 10.1. The molecule has 1 aliphatic carbocycles. The summed E-state index contributed by atoms with van der Waals surface area (Å²) in [5.41, 5.74) is 0.472. The molecule has 0 N–H and O–H groups in total. The highest BCUT2D eigenvalue weighted by atomic mass is 16.5. The van der Waals surface area contributed by atoms with Gasteiger partial charge in [-0.2, -0.15) is 0 Å². The maximum Gasteiger partial charge on any atom is 0.119 e. The molecule has 0 heterocycles. The molecule has 76 valence electrons. The lowest BCUT2D eigenvalue weighted by Crippen LogP contribution is -2.14. The maximum absolute atomic E-state index is 5.91. The van der Waals surface area contributed by atoms with Gasteiger partial charge in [0.1, 0.15) is 5.75 Å². The predicted molar refractivity (Wildman–Crippen MR) is 58.5 cm³/mol. The average molecular weight is 190 g/mol. The molecular weight excluding hydrogens is 172 g/mol. The third-order valence-electron chi connectivity index (χ3n) is 2.97. The van der Waals surface area contributed by atoms with E-state index in [0.717, 1.165) is 5.75 Å². The standard InChI is InChI=1S/C13H18O/c1-13(2)9-8-12(10-13)14-11-6-4-3-5-7-11/h3-7,12H,8-10H2,1-2H3. The Balaban J connectivity index is 1.94. The molecule has 1 unspecified atom stereocenters. The molecule has 0 amide bonds. The van der Waals surface area contributed by atoms with Crippen LogP contribution in [0.4, 0.5) is 0 Å². The number of benzene rings is 1. The maximum atomic E-state index is 5.91. The zero-order chi connectivity index (χ0) is 10.0. The van der Waals surface area contributed by atoms with Gasteiger partial charge in [0.05, 0.1) is 6.10 Å². The van der Waals surface area contributed by atoms with E-state index < -0.39 is 0 Å². The smallest absolute Gasteiger partial charge is 0.119 e. The Hall–Kier alpha value is -0.980. The Labute approximate surface area is 86.1 Å². The second-order valence-corrected chi connectivity index (χ2v) is 4.96. The topological polar surface area (TPSA) is 9.23 Å². The quantitative estimate of drug-likeness (QED) is 0.691. The van der Waals surface area contributed by atoms with E-state index in [1.165, 1.54) is 19.3 Å². The highest BCUT2D eigenvalue weighted by Crippen LogP contribution is 2.38. The SMILES string of the molecule is CC1(C)CCC(Oc2ccccc2)C1. The fourth-order valence-electron chi connectivity index (χ4n) is 2.16. The molecule has 1 heteroatoms. The molecule has 0 saturated heterocycles. The summed E-state index contributed by atoms with van der Waals surface area (Å²) in [5, 5.41) is 0. The van der Waals surface area contributed by atoms with Gasteiger partial charge >= 0.3 is 0 Å². The molecule has 1 saturated carbocycles. The molecule has 1 aromatic carbocycles. The molecule has 1 aliphatic rings. The van der Waals surface area contributed by atoms with Crippen molar-refractivity contribution in [2.24, 2.45) is 5.41 Å². The van der Waals surface area contributed by atoms with Crippen LogP contribution in [0.3, 0.4) is 0 Å². The Kier molecular flexibility index (Phi) is 2.49. The second kappa shape index (κ2) is 3.64. The highest BCUT2D eigenvalue weighted by Gasteiger charge is 2.31. The number of para-hydroxylation sites is 1. The molecule has 1 atom stereocenters. The van der Waals surface area contributed by atoms with Gasteiger partial charge in [0.25, 0.3) is 0 Å². The number of hydrogen-bond donors (Lipinski definition) is 0. The lowest BCUT2D eigenvalue weighted by molar-refractivity contribution is 0.193. The minimum absolute atomic E-state index is 0.424. The van der Waals surface area contributed by atoms with E-state index in [0.29, 0.717) is 11.5 Å². The first-order valence-corrected chi connectivity index (χ1v) is 5.37. The third kappa shape index (κ3) is 2.28. The van der Waals surface area contributed by atoms with E-state index in [2.05, 4.69) is 13.8 Å². The number of ether oxygens (including phenoxy) is 1. The van der Waals surface area contributed by atoms with Crippen LogP contribution < -0.4 is 4.74 Å². The first-order valence-electron chi connectivity index (χ1n) is 5.37. The van der Waals surface area contributed by atoms with Crippen LogP contribution in [0.25, 0.3) is 0 Å². The molecule has 14 heavy (non-hydrogen) atoms. The summed E-state index contributed by atoms with van der Waals surface area (Å²) >= 11 is 0. The third-order valence-corrected chi connectivity index (χ3v) is 2.97. The Bertz CT molecular complexity index is 289. The molecule has 0 radical (unpaired) electrons. The van der Waals surface area contributed by atoms with Gasteiger partial charge in [0, 0.05) is 0 Å². The van der Waals surface area contributed by atoms with Gasteiger partial charge in [-0.3, -0.25) is 0 Å². The number of rotatable bonds is 2. The fourth-order valence-corrected chi connectivity index (χ4v) is 2.16. The molecule has 2 rings (SSSR count). The van der Waals surface area contributed by atoms with Crippen LogP contribution in [0.5, 0.6) is 5.75 Å². The van der Waals surface area contributed by atoms with Crippen LogP contribution in [0.15, 0.2) is 30.3 Å². The summed E-state index contributed by atoms with van der Waals surface area (Å²) in [6.07, 6.45) is 4.08. The Morgan fingerprint density at radius 2 is 1.93 bits per heavy atom. The van der Waals surface area contributed by atoms with Gasteiger partial charge in [0.15, 0.2) is 0 Å². The predicted octanol–water partition coefficient (Wildman–Crippen LogP) is 3.64. The largest absolute Gasteiger partial charge is 0.490 e. The molecule has 0 spiro atoms. The van der Waals surface area contributed by atoms with Crippen LogP contribution in [-0.2, 0) is 0 Å². The van der Waals surface area contributed by atoms with Gasteiger partial charge < -0.3 is 4.74 Å². The Morgan fingerprint density at radius 1 is 1.21 bits per heavy atom. The van der Waals surface area contributed by atoms with Crippen LogP contribution in [0, 0.1) is 5.41 Å². The van der Waals surface area contributed by atoms with Crippen molar-refractivity contribution in [1.82, 2.24) is 0 Å². The molecular formula is C13H18O. The number of hydrogen-bond acceptors (Lipinski definition) is 1. The molecule has 0 aromatic heterocycles. The molecule has 0 bridgehead atoms. The molecule has 1 aromatic rings. The van der Waals surface area contributed by atoms with Gasteiger partial charge in [-0.15, -0.1) is 0 Å². The van der Waals surface area contributed by atoms with Gasteiger partial charge in [-0.05, 0) is 36.8 Å². The Morgan fingerprint density at radius 3 is 2.50 bits per heavy atom. The molecule has 1 fully saturated rings. The highest BCUT2D eigenvalue weighted by molar-refractivity contribution is 5.21. The molecule has 1 nitrogen and oxygen atoms in total. The zero-order valence-electron chi connectivity index (χ0n) is 8.99. The van der Waals surface area contributed by atoms with Crippen molar-refractivity contribution < 1.29 is 4.74 Å². The van der Waals surface area contributed by atoms with E-state index in [-0.39, 0.29) is 0 Å². The van der Waals surface area contributed by atoms with Crippen molar-refractivity contribution in [2.75, 3.05) is 0 Å². The van der Waals surface area contributed by atoms with E-state index >= 15 is 0 Å². The van der Waals surface area contributed by atoms with Gasteiger partial charge in [-0.1, -0.05) is 32.0 Å². The lowest BCUT2D eigenvalue weighted by Gasteiger charge is -2.17. The second-order valence-electron chi connectivity index (χ2n) is 4.96. The van der Waals surface area contributed by atoms with E-state index in [9.17, 15) is 0 Å². The summed E-state index contributed by atoms with van der Waals surface area (Å²) in [5.74, 6) is 1.01. The molecule has 0 aliphatic heterocycles. The van der Waals surface area contributed by atoms with Crippen molar-refractivity contribution >= 4 is 0 Å². The first-order chi connectivity index (χ1) is 6.66. The first kappa shape index (κ1) is 9.57. The van der Waals surface area contributed by atoms with Gasteiger partial charge in [-0.25, -0.2) is 0 Å². The van der Waals surface area contributed by atoms with Crippen LogP contribution in [0.1, 0.15) is 33.1 Å².